The average molecular weight is 381 g/mol. The predicted molar refractivity (Wildman–Crippen MR) is 103 cm³/mol. The van der Waals surface area contributed by atoms with Crippen LogP contribution in [0.15, 0.2) is 42.6 Å². The van der Waals surface area contributed by atoms with Gasteiger partial charge in [0.25, 0.3) is 5.91 Å². The summed E-state index contributed by atoms with van der Waals surface area (Å²) in [6, 6.07) is 11.4. The highest BCUT2D eigenvalue weighted by Crippen LogP contribution is 2.33. The van der Waals surface area contributed by atoms with Gasteiger partial charge in [0, 0.05) is 19.3 Å². The third kappa shape index (κ3) is 3.50. The molecule has 0 radical (unpaired) electrons. The lowest BCUT2D eigenvalue weighted by Gasteiger charge is -2.20. The maximum Gasteiger partial charge on any atom is 0.266 e. The maximum absolute atomic E-state index is 13.1. The number of aryl methyl sites for hydroxylation is 1. The number of rotatable bonds is 5. The Hall–Kier alpha value is -2.93. The van der Waals surface area contributed by atoms with Gasteiger partial charge < -0.3 is 14.4 Å². The number of carbonyl (C=O) groups excluding carboxylic acids is 1. The van der Waals surface area contributed by atoms with Gasteiger partial charge in [-0.15, -0.1) is 11.3 Å². The molecule has 0 fully saturated rings. The number of hydrogen-bond acceptors (Lipinski definition) is 6. The van der Waals surface area contributed by atoms with E-state index in [1.54, 1.807) is 11.1 Å². The molecule has 0 N–H and O–H groups in total. The molecule has 27 heavy (non-hydrogen) atoms. The molecule has 0 aliphatic carbocycles. The van der Waals surface area contributed by atoms with Gasteiger partial charge in [0.1, 0.15) is 9.88 Å². The number of thiazole rings is 1. The Morgan fingerprint density at radius 3 is 2.85 bits per heavy atom. The molecule has 2 aromatic heterocycles. The normalized spacial score (nSPS) is 12.2. The van der Waals surface area contributed by atoms with E-state index in [0.717, 1.165) is 33.5 Å². The molecule has 0 spiro atoms. The first kappa shape index (κ1) is 17.5. The number of carbonyl (C=O) groups is 1. The van der Waals surface area contributed by atoms with Crippen LogP contribution >= 0.6 is 11.3 Å². The van der Waals surface area contributed by atoms with Crippen LogP contribution in [-0.4, -0.2) is 34.1 Å². The van der Waals surface area contributed by atoms with Crippen molar-refractivity contribution in [3.05, 3.63) is 58.7 Å². The van der Waals surface area contributed by atoms with Crippen molar-refractivity contribution in [2.75, 3.05) is 13.3 Å². The van der Waals surface area contributed by atoms with Gasteiger partial charge >= 0.3 is 0 Å². The molecule has 3 heterocycles. The van der Waals surface area contributed by atoms with E-state index in [9.17, 15) is 4.79 Å². The summed E-state index contributed by atoms with van der Waals surface area (Å²) in [6.45, 7) is 5.18. The quantitative estimate of drug-likeness (QED) is 0.671. The monoisotopic (exact) mass is 381 g/mol. The Morgan fingerprint density at radius 2 is 2.07 bits per heavy atom. The lowest BCUT2D eigenvalue weighted by Crippen LogP contribution is -2.30. The van der Waals surface area contributed by atoms with Crippen LogP contribution in [0, 0.1) is 6.92 Å². The van der Waals surface area contributed by atoms with Crippen LogP contribution in [0.25, 0.3) is 10.7 Å². The van der Waals surface area contributed by atoms with Crippen molar-refractivity contribution in [3.63, 3.8) is 0 Å². The van der Waals surface area contributed by atoms with Crippen LogP contribution in [0.3, 0.4) is 0 Å². The summed E-state index contributed by atoms with van der Waals surface area (Å²) in [5, 5.41) is 0.760. The third-order valence-corrected chi connectivity index (χ3v) is 5.52. The van der Waals surface area contributed by atoms with Gasteiger partial charge in [-0.2, -0.15) is 0 Å². The second-order valence-corrected chi connectivity index (χ2v) is 7.15. The number of amides is 1. The fourth-order valence-corrected chi connectivity index (χ4v) is 3.94. The number of pyridine rings is 1. The van der Waals surface area contributed by atoms with E-state index >= 15 is 0 Å². The zero-order chi connectivity index (χ0) is 18.8. The van der Waals surface area contributed by atoms with E-state index in [1.807, 2.05) is 50.2 Å². The molecule has 0 bridgehead atoms. The zero-order valence-corrected chi connectivity index (χ0v) is 16.0. The molecule has 0 saturated carbocycles. The summed E-state index contributed by atoms with van der Waals surface area (Å²) >= 11 is 1.39. The van der Waals surface area contributed by atoms with E-state index in [2.05, 4.69) is 9.97 Å². The molecule has 1 amide bonds. The van der Waals surface area contributed by atoms with Crippen molar-refractivity contribution in [1.82, 2.24) is 14.9 Å². The summed E-state index contributed by atoms with van der Waals surface area (Å²) in [7, 11) is 0. The minimum absolute atomic E-state index is 0.0210. The van der Waals surface area contributed by atoms with Gasteiger partial charge in [-0.05, 0) is 43.7 Å². The second kappa shape index (κ2) is 7.36. The second-order valence-electron chi connectivity index (χ2n) is 6.16. The van der Waals surface area contributed by atoms with Crippen LogP contribution in [-0.2, 0) is 6.54 Å². The highest BCUT2D eigenvalue weighted by molar-refractivity contribution is 7.17. The Morgan fingerprint density at radius 1 is 1.22 bits per heavy atom. The van der Waals surface area contributed by atoms with E-state index < -0.39 is 0 Å². The predicted octanol–water partition coefficient (Wildman–Crippen LogP) is 3.90. The first-order chi connectivity index (χ1) is 13.2. The van der Waals surface area contributed by atoms with E-state index in [4.69, 9.17) is 9.47 Å². The molecule has 1 aliphatic rings. The van der Waals surface area contributed by atoms with Gasteiger partial charge in [0.2, 0.25) is 6.79 Å². The van der Waals surface area contributed by atoms with E-state index in [-0.39, 0.29) is 12.7 Å². The highest BCUT2D eigenvalue weighted by atomic mass is 32.1. The average Bonchev–Trinajstić information content (AvgIpc) is 3.32. The molecule has 0 unspecified atom stereocenters. The Balaban J connectivity index is 1.56. The number of nitrogens with zero attached hydrogens (tertiary/aromatic N) is 3. The smallest absolute Gasteiger partial charge is 0.266 e. The van der Waals surface area contributed by atoms with Gasteiger partial charge in [-0.25, -0.2) is 4.98 Å². The molecule has 0 atom stereocenters. The zero-order valence-electron chi connectivity index (χ0n) is 15.1. The molecular weight excluding hydrogens is 362 g/mol. The summed E-state index contributed by atoms with van der Waals surface area (Å²) in [5.74, 6) is 1.45. The number of benzene rings is 1. The minimum Gasteiger partial charge on any atom is -0.454 e. The summed E-state index contributed by atoms with van der Waals surface area (Å²) in [5.41, 5.74) is 2.51. The van der Waals surface area contributed by atoms with Crippen molar-refractivity contribution >= 4 is 17.2 Å². The third-order valence-electron chi connectivity index (χ3n) is 4.35. The van der Waals surface area contributed by atoms with Crippen LogP contribution in [0.2, 0.25) is 0 Å². The summed E-state index contributed by atoms with van der Waals surface area (Å²) in [4.78, 5) is 24.4. The first-order valence-corrected chi connectivity index (χ1v) is 9.54. The van der Waals surface area contributed by atoms with Gasteiger partial charge in [-0.1, -0.05) is 12.1 Å². The molecule has 4 rings (SSSR count). The van der Waals surface area contributed by atoms with Crippen molar-refractivity contribution in [2.24, 2.45) is 0 Å². The fraction of sp³-hybridized carbons (Fsp3) is 0.250. The lowest BCUT2D eigenvalue weighted by atomic mass is 10.2. The summed E-state index contributed by atoms with van der Waals surface area (Å²) < 4.78 is 10.8. The molecule has 1 aromatic carbocycles. The topological polar surface area (TPSA) is 64.6 Å². The molecule has 7 heteroatoms. The van der Waals surface area contributed by atoms with Crippen molar-refractivity contribution in [1.29, 1.82) is 0 Å². The summed E-state index contributed by atoms with van der Waals surface area (Å²) in [6.07, 6.45) is 1.73. The van der Waals surface area contributed by atoms with Crippen molar-refractivity contribution in [3.8, 4) is 22.2 Å². The standard InChI is InChI=1S/C20H19N3O3S/c1-3-23(11-14-7-8-16-17(10-14)26-12-25-16)20(24)18-13(2)22-19(27-18)15-6-4-5-9-21-15/h4-10H,3,11-12H2,1-2H3. The molecule has 138 valence electrons. The number of ether oxygens (including phenoxy) is 2. The van der Waals surface area contributed by atoms with Gasteiger partial charge in [0.05, 0.1) is 11.4 Å². The Bertz CT molecular complexity index is 972. The number of hydrogen-bond donors (Lipinski definition) is 0. The van der Waals surface area contributed by atoms with Crippen molar-refractivity contribution < 1.29 is 14.3 Å². The van der Waals surface area contributed by atoms with Crippen molar-refractivity contribution in [2.45, 2.75) is 20.4 Å². The Kier molecular flexibility index (Phi) is 4.77. The number of fused-ring (bicyclic) bond motifs is 1. The highest BCUT2D eigenvalue weighted by Gasteiger charge is 2.22. The molecular formula is C20H19N3O3S. The molecule has 0 saturated heterocycles. The van der Waals surface area contributed by atoms with Crippen LogP contribution < -0.4 is 9.47 Å². The number of aromatic nitrogens is 2. The largest absolute Gasteiger partial charge is 0.454 e. The van der Waals surface area contributed by atoms with E-state index in [0.29, 0.717) is 18.0 Å². The van der Waals surface area contributed by atoms with E-state index in [1.165, 1.54) is 11.3 Å². The first-order valence-electron chi connectivity index (χ1n) is 8.72. The van der Waals surface area contributed by atoms with Crippen LogP contribution in [0.4, 0.5) is 0 Å². The fourth-order valence-electron chi connectivity index (χ4n) is 2.92. The Labute approximate surface area is 161 Å². The SMILES string of the molecule is CCN(Cc1ccc2c(c1)OCO2)C(=O)c1sc(-c2ccccn2)nc1C. The van der Waals surface area contributed by atoms with Crippen LogP contribution in [0.5, 0.6) is 11.5 Å². The molecule has 6 nitrogen and oxygen atoms in total. The molecule has 1 aliphatic heterocycles. The van der Waals surface area contributed by atoms with Crippen LogP contribution in [0.1, 0.15) is 27.9 Å². The van der Waals surface area contributed by atoms with Gasteiger partial charge in [0.15, 0.2) is 11.5 Å². The van der Waals surface area contributed by atoms with Gasteiger partial charge in [-0.3, -0.25) is 9.78 Å². The lowest BCUT2D eigenvalue weighted by molar-refractivity contribution is 0.0756. The minimum atomic E-state index is -0.0210. The molecule has 3 aromatic rings. The maximum atomic E-state index is 13.1.